The molecule has 36 heavy (non-hydrogen) atoms. The second-order valence-electron chi connectivity index (χ2n) is 11.3. The van der Waals surface area contributed by atoms with Crippen molar-refractivity contribution in [2.45, 2.75) is 75.9 Å². The van der Waals surface area contributed by atoms with Gasteiger partial charge in [-0.25, -0.2) is 4.98 Å². The lowest BCUT2D eigenvalue weighted by Crippen LogP contribution is -2.47. The molecule has 1 aromatic heterocycles. The van der Waals surface area contributed by atoms with E-state index >= 15 is 0 Å². The van der Waals surface area contributed by atoms with Crippen LogP contribution < -0.4 is 0 Å². The maximum absolute atomic E-state index is 12.7. The summed E-state index contributed by atoms with van der Waals surface area (Å²) in [4.78, 5) is 17.9. The van der Waals surface area contributed by atoms with Crippen molar-refractivity contribution in [3.8, 4) is 11.3 Å². The van der Waals surface area contributed by atoms with Gasteiger partial charge in [0.05, 0.1) is 23.4 Å². The zero-order chi connectivity index (χ0) is 24.8. The van der Waals surface area contributed by atoms with Crippen molar-refractivity contribution in [1.29, 1.82) is 0 Å². The highest BCUT2D eigenvalue weighted by Gasteiger charge is 2.52. The Morgan fingerprint density at radius 2 is 1.56 bits per heavy atom. The first kappa shape index (κ1) is 23.5. The molecule has 3 aliphatic rings. The first-order chi connectivity index (χ1) is 17.5. The molecule has 0 atom stereocenters. The molecule has 1 N–H and O–H groups in total. The van der Waals surface area contributed by atoms with Gasteiger partial charge >= 0.3 is 5.97 Å². The van der Waals surface area contributed by atoms with Crippen molar-refractivity contribution in [3.63, 3.8) is 0 Å². The van der Waals surface area contributed by atoms with Crippen molar-refractivity contribution >= 4 is 5.97 Å². The predicted molar refractivity (Wildman–Crippen MR) is 140 cm³/mol. The number of carboxylic acid groups (broad SMARTS) is 1. The molecule has 0 spiro atoms. The predicted octanol–water partition coefficient (Wildman–Crippen LogP) is 6.49. The summed E-state index contributed by atoms with van der Waals surface area (Å²) in [6, 6.07) is 20.4. The fourth-order valence-corrected chi connectivity index (χ4v) is 6.08. The van der Waals surface area contributed by atoms with Gasteiger partial charge in [-0.1, -0.05) is 60.7 Å². The van der Waals surface area contributed by atoms with Crippen LogP contribution in [0.5, 0.6) is 0 Å². The van der Waals surface area contributed by atoms with E-state index < -0.39 is 17.0 Å². The number of nitrogens with zero attached hydrogens (tertiary/aromatic N) is 2. The molecular formula is C31H36N2O3. The normalized spacial score (nSPS) is 26.1. The van der Waals surface area contributed by atoms with E-state index in [1.165, 1.54) is 36.9 Å². The fraction of sp³-hybridized carbons (Fsp3) is 0.484. The molecule has 6 rings (SSSR count). The molecule has 3 aromatic rings. The number of aliphatic carboxylic acids is 1. The summed E-state index contributed by atoms with van der Waals surface area (Å²) in [7, 11) is 0. The second-order valence-corrected chi connectivity index (χ2v) is 11.3. The Morgan fingerprint density at radius 1 is 0.944 bits per heavy atom. The molecule has 0 aliphatic heterocycles. The van der Waals surface area contributed by atoms with Crippen LogP contribution >= 0.6 is 0 Å². The quantitative estimate of drug-likeness (QED) is 0.377. The van der Waals surface area contributed by atoms with E-state index in [2.05, 4.69) is 41.8 Å². The van der Waals surface area contributed by atoms with Gasteiger partial charge in [0.2, 0.25) is 0 Å². The van der Waals surface area contributed by atoms with Crippen LogP contribution in [0.4, 0.5) is 0 Å². The lowest BCUT2D eigenvalue weighted by molar-refractivity contribution is -0.151. The lowest BCUT2D eigenvalue weighted by atomic mass is 9.65. The van der Waals surface area contributed by atoms with E-state index in [9.17, 15) is 9.90 Å². The Kier molecular flexibility index (Phi) is 5.99. The van der Waals surface area contributed by atoms with Gasteiger partial charge in [0.15, 0.2) is 0 Å². The van der Waals surface area contributed by atoms with E-state index in [4.69, 9.17) is 9.72 Å². The van der Waals surface area contributed by atoms with Crippen LogP contribution in [0.3, 0.4) is 0 Å². The third-order valence-electron chi connectivity index (χ3n) is 8.67. The summed E-state index contributed by atoms with van der Waals surface area (Å²) in [6.07, 6.45) is 7.40. The highest BCUT2D eigenvalue weighted by atomic mass is 16.5. The smallest absolute Gasteiger partial charge is 0.314 e. The highest BCUT2D eigenvalue weighted by Crippen LogP contribution is 2.51. The van der Waals surface area contributed by atoms with E-state index in [0.717, 1.165) is 30.2 Å². The Hall–Kier alpha value is -2.92. The van der Waals surface area contributed by atoms with Gasteiger partial charge in [0.25, 0.3) is 0 Å². The highest BCUT2D eigenvalue weighted by molar-refractivity contribution is 5.81. The third kappa shape index (κ3) is 4.28. The molecule has 0 radical (unpaired) electrons. The van der Waals surface area contributed by atoms with Crippen LogP contribution in [0.25, 0.3) is 11.3 Å². The number of carboxylic acids is 1. The molecule has 0 saturated heterocycles. The van der Waals surface area contributed by atoms with Crippen LogP contribution in [0.15, 0.2) is 60.7 Å². The van der Waals surface area contributed by atoms with Gasteiger partial charge in [0.1, 0.15) is 11.4 Å². The first-order valence-electron chi connectivity index (χ1n) is 13.6. The second kappa shape index (κ2) is 9.19. The monoisotopic (exact) mass is 484 g/mol. The maximum Gasteiger partial charge on any atom is 0.314 e. The molecular weight excluding hydrogens is 448 g/mol. The van der Waals surface area contributed by atoms with Crippen LogP contribution in [-0.2, 0) is 27.1 Å². The van der Waals surface area contributed by atoms with Gasteiger partial charge in [-0.3, -0.25) is 4.79 Å². The average Bonchev–Trinajstić information content (AvgIpc) is 3.84. The molecule has 0 bridgehead atoms. The van der Waals surface area contributed by atoms with Crippen molar-refractivity contribution in [3.05, 3.63) is 77.7 Å². The molecule has 5 heteroatoms. The minimum atomic E-state index is -0.876. The van der Waals surface area contributed by atoms with E-state index in [1.807, 2.05) is 30.3 Å². The number of hydrogen-bond donors (Lipinski definition) is 1. The summed E-state index contributed by atoms with van der Waals surface area (Å²) in [6.45, 7) is 3.80. The van der Waals surface area contributed by atoms with Gasteiger partial charge in [-0.15, -0.1) is 0 Å². The van der Waals surface area contributed by atoms with Crippen LogP contribution in [0, 0.1) is 18.8 Å². The van der Waals surface area contributed by atoms with E-state index in [0.29, 0.717) is 37.5 Å². The lowest BCUT2D eigenvalue weighted by Gasteiger charge is -2.44. The topological polar surface area (TPSA) is 64.3 Å². The summed E-state index contributed by atoms with van der Waals surface area (Å²) >= 11 is 0. The molecule has 3 saturated carbocycles. The van der Waals surface area contributed by atoms with Gasteiger partial charge in [0, 0.05) is 12.1 Å². The Morgan fingerprint density at radius 3 is 2.14 bits per heavy atom. The number of aryl methyl sites for hydroxylation is 1. The molecule has 0 unspecified atom stereocenters. The number of aromatic nitrogens is 2. The molecule has 188 valence electrons. The SMILES string of the molecule is Cc1nc([C@]2(OCC3CC3)CC[C@@](C(=O)O)(c3ccccc3)CC2)n(CC2CC2)c1-c1ccccc1. The van der Waals surface area contributed by atoms with Crippen molar-refractivity contribution in [2.24, 2.45) is 11.8 Å². The van der Waals surface area contributed by atoms with Crippen LogP contribution in [0.1, 0.15) is 68.4 Å². The Bertz CT molecular complexity index is 1220. The molecule has 2 aromatic carbocycles. The number of rotatable bonds is 9. The average molecular weight is 485 g/mol. The Balaban J connectivity index is 1.41. The van der Waals surface area contributed by atoms with Crippen molar-refractivity contribution < 1.29 is 14.6 Å². The Labute approximate surface area is 213 Å². The number of hydrogen-bond acceptors (Lipinski definition) is 3. The molecule has 3 aliphatic carbocycles. The fourth-order valence-electron chi connectivity index (χ4n) is 6.08. The molecule has 1 heterocycles. The van der Waals surface area contributed by atoms with Crippen LogP contribution in [-0.4, -0.2) is 27.2 Å². The minimum Gasteiger partial charge on any atom is -0.481 e. The number of benzene rings is 2. The first-order valence-corrected chi connectivity index (χ1v) is 13.6. The van der Waals surface area contributed by atoms with Crippen molar-refractivity contribution in [1.82, 2.24) is 9.55 Å². The zero-order valence-corrected chi connectivity index (χ0v) is 21.2. The number of carbonyl (C=O) groups is 1. The zero-order valence-electron chi connectivity index (χ0n) is 21.2. The summed E-state index contributed by atoms with van der Waals surface area (Å²) in [5, 5.41) is 10.4. The number of imidazole rings is 1. The summed E-state index contributed by atoms with van der Waals surface area (Å²) in [5.74, 6) is 1.60. The number of ether oxygens (including phenoxy) is 1. The molecule has 0 amide bonds. The van der Waals surface area contributed by atoms with E-state index in [1.54, 1.807) is 0 Å². The largest absolute Gasteiger partial charge is 0.481 e. The van der Waals surface area contributed by atoms with Gasteiger partial charge in [-0.2, -0.15) is 0 Å². The standard InChI is InChI=1S/C31H36N2O3/c1-22-27(25-8-4-2-5-9-25)33(20-23-12-13-23)28(32-22)31(36-21-24-14-15-24)18-16-30(17-19-31,29(34)35)26-10-6-3-7-11-26/h2-11,23-24H,12-21H2,1H3,(H,34,35)/t30-,31-. The summed E-state index contributed by atoms with van der Waals surface area (Å²) < 4.78 is 9.30. The van der Waals surface area contributed by atoms with Gasteiger partial charge < -0.3 is 14.4 Å². The third-order valence-corrected chi connectivity index (χ3v) is 8.67. The molecule has 3 fully saturated rings. The summed E-state index contributed by atoms with van der Waals surface area (Å²) in [5.41, 5.74) is 2.87. The van der Waals surface area contributed by atoms with Crippen LogP contribution in [0.2, 0.25) is 0 Å². The minimum absolute atomic E-state index is 0.549. The maximum atomic E-state index is 12.7. The van der Waals surface area contributed by atoms with Crippen molar-refractivity contribution in [2.75, 3.05) is 6.61 Å². The van der Waals surface area contributed by atoms with Gasteiger partial charge in [-0.05, 0) is 75.7 Å². The molecule has 5 nitrogen and oxygen atoms in total. The van der Waals surface area contributed by atoms with E-state index in [-0.39, 0.29) is 0 Å².